The molecule has 0 bridgehead atoms. The maximum Gasteiger partial charge on any atom is 0.319 e. The highest BCUT2D eigenvalue weighted by atomic mass is 32.2. The Morgan fingerprint density at radius 1 is 1.12 bits per heavy atom. The molecule has 1 saturated carbocycles. The average Bonchev–Trinajstić information content (AvgIpc) is 3.33. The number of amidine groups is 1. The lowest BCUT2D eigenvalue weighted by Crippen LogP contribution is -2.42. The molecule has 2 aliphatic heterocycles. The number of hydrogen-bond donors (Lipinski definition) is 2. The van der Waals surface area contributed by atoms with Crippen molar-refractivity contribution in [2.24, 2.45) is 9.98 Å². The molecule has 1 aromatic carbocycles. The number of likely N-dealkylation sites (tertiary alicyclic amines) is 1. The van der Waals surface area contributed by atoms with E-state index in [-0.39, 0.29) is 17.3 Å². The van der Waals surface area contributed by atoms with E-state index in [1.54, 1.807) is 18.1 Å². The van der Waals surface area contributed by atoms with Crippen LogP contribution < -0.4 is 10.6 Å². The Balaban J connectivity index is 0.00000149. The normalized spacial score (nSPS) is 24.4. The quantitative estimate of drug-likeness (QED) is 0.551. The van der Waals surface area contributed by atoms with E-state index in [1.165, 1.54) is 37.7 Å². The second kappa shape index (κ2) is 13.2. The van der Waals surface area contributed by atoms with Crippen molar-refractivity contribution in [2.75, 3.05) is 25.0 Å². The van der Waals surface area contributed by atoms with Crippen LogP contribution in [0, 0.1) is 0 Å². The molecule has 2 atom stereocenters. The van der Waals surface area contributed by atoms with E-state index < -0.39 is 0 Å². The van der Waals surface area contributed by atoms with Gasteiger partial charge in [-0.3, -0.25) is 4.99 Å². The van der Waals surface area contributed by atoms with Gasteiger partial charge < -0.3 is 15.5 Å². The van der Waals surface area contributed by atoms with Gasteiger partial charge in [0.2, 0.25) is 0 Å². The fraction of sp³-hybridized carbons (Fsp3) is 0.500. The van der Waals surface area contributed by atoms with Gasteiger partial charge in [0.25, 0.3) is 0 Å². The van der Waals surface area contributed by atoms with Crippen LogP contribution in [0.4, 0.5) is 10.5 Å². The molecule has 1 saturated heterocycles. The van der Waals surface area contributed by atoms with Crippen molar-refractivity contribution in [3.05, 3.63) is 54.5 Å². The number of hydrogen-bond acceptors (Lipinski definition) is 5. The van der Waals surface area contributed by atoms with E-state index in [4.69, 9.17) is 0 Å². The summed E-state index contributed by atoms with van der Waals surface area (Å²) in [6.07, 6.45) is 11.2. The summed E-state index contributed by atoms with van der Waals surface area (Å²) in [6, 6.07) is 8.38. The molecule has 2 amide bonds. The van der Waals surface area contributed by atoms with Crippen molar-refractivity contribution >= 4 is 35.7 Å². The number of rotatable bonds is 3. The predicted molar refractivity (Wildman–Crippen MR) is 143 cm³/mol. The van der Waals surface area contributed by atoms with Crippen LogP contribution in [0.1, 0.15) is 56.9 Å². The molecule has 2 unspecified atom stereocenters. The molecule has 2 fully saturated rings. The van der Waals surface area contributed by atoms with Crippen LogP contribution in [-0.2, 0) is 0 Å². The van der Waals surface area contributed by atoms with Gasteiger partial charge in [0.1, 0.15) is 12.2 Å². The summed E-state index contributed by atoms with van der Waals surface area (Å²) in [4.78, 5) is 23.7. The first-order chi connectivity index (χ1) is 16.2. The number of amides is 2. The highest BCUT2D eigenvalue weighted by Gasteiger charge is 2.28. The minimum absolute atomic E-state index is 0.113. The topological polar surface area (TPSA) is 69.1 Å². The van der Waals surface area contributed by atoms with Gasteiger partial charge >= 0.3 is 6.03 Å². The molecular formula is C26H37N5OS. The third kappa shape index (κ3) is 7.49. The van der Waals surface area contributed by atoms with Gasteiger partial charge in [0, 0.05) is 24.8 Å². The second-order valence-electron chi connectivity index (χ2n) is 8.61. The Morgan fingerprint density at radius 3 is 2.64 bits per heavy atom. The van der Waals surface area contributed by atoms with E-state index in [2.05, 4.69) is 69.2 Å². The van der Waals surface area contributed by atoms with Gasteiger partial charge in [-0.2, -0.15) is 0 Å². The summed E-state index contributed by atoms with van der Waals surface area (Å²) in [7, 11) is 0. The van der Waals surface area contributed by atoms with Gasteiger partial charge in [-0.1, -0.05) is 37.5 Å². The molecule has 2 heterocycles. The molecule has 33 heavy (non-hydrogen) atoms. The minimum atomic E-state index is -0.138. The van der Waals surface area contributed by atoms with Gasteiger partial charge in [-0.05, 0) is 55.2 Å². The van der Waals surface area contributed by atoms with Crippen LogP contribution in [0.5, 0.6) is 0 Å². The maximum atomic E-state index is 12.5. The maximum absolute atomic E-state index is 12.5. The van der Waals surface area contributed by atoms with Crippen LogP contribution in [0.3, 0.4) is 0 Å². The number of carbonyl (C=O) groups is 1. The molecular weight excluding hydrogens is 430 g/mol. The summed E-state index contributed by atoms with van der Waals surface area (Å²) in [5, 5.41) is 8.48. The molecule has 2 N–H and O–H groups in total. The van der Waals surface area contributed by atoms with Crippen molar-refractivity contribution in [3.63, 3.8) is 0 Å². The first-order valence-electron chi connectivity index (χ1n) is 12.0. The standard InChI is InChI=1S/C24H33N5OS.C2H4/c1-18-23(26-17-25-13-5-15-31-18)29-14-12-22(16-29)28-24(30)27-21-10-8-20(9-11-21)19-6-3-2-4-7-19;1-2/h5,8-11,15,17-19,22H,2-4,6-7,12-14,16H2,1H3,(H2,27,28,30);1-2H2/b15-5-,25-17?,26-23?;. The predicted octanol–water partition coefficient (Wildman–Crippen LogP) is 5.81. The van der Waals surface area contributed by atoms with Crippen LogP contribution >= 0.6 is 11.8 Å². The number of aliphatic imine (C=N–C) groups is 2. The van der Waals surface area contributed by atoms with Gasteiger partial charge in [0.15, 0.2) is 0 Å². The molecule has 1 aromatic rings. The monoisotopic (exact) mass is 467 g/mol. The third-order valence-electron chi connectivity index (χ3n) is 6.32. The zero-order valence-electron chi connectivity index (χ0n) is 19.7. The molecule has 7 heteroatoms. The molecule has 1 aliphatic carbocycles. The Labute approximate surface area is 202 Å². The van der Waals surface area contributed by atoms with E-state index in [0.29, 0.717) is 12.5 Å². The number of thioether (sulfide) groups is 1. The summed E-state index contributed by atoms with van der Waals surface area (Å²) in [5.74, 6) is 1.71. The summed E-state index contributed by atoms with van der Waals surface area (Å²) in [6.45, 7) is 10.5. The third-order valence-corrected chi connectivity index (χ3v) is 7.29. The number of nitrogens with one attached hydrogen (secondary N) is 2. The number of anilines is 1. The van der Waals surface area contributed by atoms with Gasteiger partial charge in [-0.15, -0.1) is 24.9 Å². The van der Waals surface area contributed by atoms with Crippen molar-refractivity contribution < 1.29 is 4.79 Å². The lowest BCUT2D eigenvalue weighted by atomic mass is 9.84. The number of nitrogens with zero attached hydrogens (tertiary/aromatic N) is 3. The lowest BCUT2D eigenvalue weighted by molar-refractivity contribution is 0.248. The number of carbonyl (C=O) groups excluding carboxylic acids is 1. The van der Waals surface area contributed by atoms with E-state index >= 15 is 0 Å². The van der Waals surface area contributed by atoms with Gasteiger partial charge in [-0.25, -0.2) is 9.79 Å². The first kappa shape index (κ1) is 25.1. The van der Waals surface area contributed by atoms with Gasteiger partial charge in [0.05, 0.1) is 11.8 Å². The SMILES string of the molecule is C=C.CC1S/C=C\CN=CN=C1N1CCC(NC(=O)Nc2ccc(C3CCCCC3)cc2)C1. The van der Waals surface area contributed by atoms with Crippen molar-refractivity contribution in [2.45, 2.75) is 62.7 Å². The number of urea groups is 1. The highest BCUT2D eigenvalue weighted by Crippen LogP contribution is 2.33. The molecule has 3 aliphatic rings. The van der Waals surface area contributed by atoms with Crippen LogP contribution in [0.2, 0.25) is 0 Å². The van der Waals surface area contributed by atoms with E-state index in [0.717, 1.165) is 31.0 Å². The highest BCUT2D eigenvalue weighted by molar-refractivity contribution is 8.03. The number of benzene rings is 1. The summed E-state index contributed by atoms with van der Waals surface area (Å²) >= 11 is 1.76. The Kier molecular flexibility index (Phi) is 10.1. The Morgan fingerprint density at radius 2 is 1.88 bits per heavy atom. The van der Waals surface area contributed by atoms with Crippen molar-refractivity contribution in [3.8, 4) is 0 Å². The zero-order chi connectivity index (χ0) is 23.5. The average molecular weight is 468 g/mol. The summed E-state index contributed by atoms with van der Waals surface area (Å²) in [5.41, 5.74) is 2.25. The Hall–Kier alpha value is -2.54. The fourth-order valence-electron chi connectivity index (χ4n) is 4.64. The van der Waals surface area contributed by atoms with Crippen LogP contribution in [0.25, 0.3) is 0 Å². The molecule has 0 radical (unpaired) electrons. The van der Waals surface area contributed by atoms with Crippen molar-refractivity contribution in [1.82, 2.24) is 10.2 Å². The molecule has 0 spiro atoms. The zero-order valence-corrected chi connectivity index (χ0v) is 20.5. The largest absolute Gasteiger partial charge is 0.357 e. The lowest BCUT2D eigenvalue weighted by Gasteiger charge is -2.24. The Bertz CT molecular complexity index is 845. The molecule has 4 rings (SSSR count). The molecule has 6 nitrogen and oxygen atoms in total. The van der Waals surface area contributed by atoms with Crippen LogP contribution in [0.15, 0.2) is 58.9 Å². The van der Waals surface area contributed by atoms with E-state index in [1.807, 2.05) is 12.1 Å². The van der Waals surface area contributed by atoms with E-state index in [9.17, 15) is 4.79 Å². The van der Waals surface area contributed by atoms with Crippen LogP contribution in [-0.4, -0.2) is 54.0 Å². The minimum Gasteiger partial charge on any atom is -0.357 e. The van der Waals surface area contributed by atoms with Crippen molar-refractivity contribution in [1.29, 1.82) is 0 Å². The molecule has 178 valence electrons. The fourth-order valence-corrected chi connectivity index (χ4v) is 5.41. The smallest absolute Gasteiger partial charge is 0.319 e. The molecule has 0 aromatic heterocycles. The summed E-state index contributed by atoms with van der Waals surface area (Å²) < 4.78 is 0. The first-order valence-corrected chi connectivity index (χ1v) is 12.9. The second-order valence-corrected chi connectivity index (χ2v) is 9.86.